The summed E-state index contributed by atoms with van der Waals surface area (Å²) in [6.45, 7) is 10.2. The SMILES string of the molecule is CC1(C)C(NC2COCC2O)C1(C)C. The van der Waals surface area contributed by atoms with Crippen LogP contribution in [-0.2, 0) is 4.74 Å². The van der Waals surface area contributed by atoms with Gasteiger partial charge in [-0.2, -0.15) is 0 Å². The fourth-order valence-corrected chi connectivity index (χ4v) is 2.53. The Kier molecular flexibility index (Phi) is 2.18. The molecule has 1 heterocycles. The molecular formula is C11H21NO2. The first kappa shape index (κ1) is 10.4. The number of hydrogen-bond acceptors (Lipinski definition) is 3. The van der Waals surface area contributed by atoms with E-state index < -0.39 is 0 Å². The molecule has 1 saturated carbocycles. The van der Waals surface area contributed by atoms with E-state index in [0.29, 0.717) is 30.1 Å². The average Bonchev–Trinajstić information content (AvgIpc) is 2.46. The van der Waals surface area contributed by atoms with Crippen molar-refractivity contribution in [1.29, 1.82) is 0 Å². The topological polar surface area (TPSA) is 41.5 Å². The predicted octanol–water partition coefficient (Wildman–Crippen LogP) is 0.770. The van der Waals surface area contributed by atoms with Gasteiger partial charge in [-0.05, 0) is 10.8 Å². The molecule has 2 atom stereocenters. The van der Waals surface area contributed by atoms with Crippen LogP contribution in [0.4, 0.5) is 0 Å². The van der Waals surface area contributed by atoms with Crippen LogP contribution in [0.15, 0.2) is 0 Å². The lowest BCUT2D eigenvalue weighted by atomic mass is 10.0. The van der Waals surface area contributed by atoms with Gasteiger partial charge in [0.2, 0.25) is 0 Å². The number of aliphatic hydroxyl groups is 1. The minimum Gasteiger partial charge on any atom is -0.389 e. The average molecular weight is 199 g/mol. The van der Waals surface area contributed by atoms with Gasteiger partial charge in [-0.15, -0.1) is 0 Å². The fraction of sp³-hybridized carbons (Fsp3) is 1.00. The van der Waals surface area contributed by atoms with E-state index >= 15 is 0 Å². The molecule has 2 rings (SSSR count). The molecule has 0 aromatic carbocycles. The van der Waals surface area contributed by atoms with Crippen molar-refractivity contribution in [2.24, 2.45) is 10.8 Å². The maximum Gasteiger partial charge on any atom is 0.0948 e. The van der Waals surface area contributed by atoms with Crippen LogP contribution in [0.3, 0.4) is 0 Å². The monoisotopic (exact) mass is 199 g/mol. The summed E-state index contributed by atoms with van der Waals surface area (Å²) < 4.78 is 5.22. The molecule has 0 radical (unpaired) electrons. The molecule has 2 unspecified atom stereocenters. The van der Waals surface area contributed by atoms with Crippen LogP contribution in [0.2, 0.25) is 0 Å². The summed E-state index contributed by atoms with van der Waals surface area (Å²) in [5.41, 5.74) is 0.657. The Morgan fingerprint density at radius 3 is 2.07 bits per heavy atom. The van der Waals surface area contributed by atoms with Crippen LogP contribution < -0.4 is 5.32 Å². The van der Waals surface area contributed by atoms with Crippen molar-refractivity contribution >= 4 is 0 Å². The third kappa shape index (κ3) is 1.30. The van der Waals surface area contributed by atoms with Gasteiger partial charge in [0, 0.05) is 6.04 Å². The Labute approximate surface area is 85.8 Å². The minimum absolute atomic E-state index is 0.126. The first-order valence-corrected chi connectivity index (χ1v) is 5.39. The zero-order valence-corrected chi connectivity index (χ0v) is 9.50. The summed E-state index contributed by atoms with van der Waals surface area (Å²) in [6.07, 6.45) is -0.331. The van der Waals surface area contributed by atoms with Gasteiger partial charge < -0.3 is 15.2 Å². The summed E-state index contributed by atoms with van der Waals surface area (Å²) in [5.74, 6) is 0. The Bertz CT molecular complexity index is 223. The minimum atomic E-state index is -0.331. The lowest BCUT2D eigenvalue weighted by Crippen LogP contribution is -2.42. The van der Waals surface area contributed by atoms with E-state index in [1.54, 1.807) is 0 Å². The summed E-state index contributed by atoms with van der Waals surface area (Å²) >= 11 is 0. The van der Waals surface area contributed by atoms with Gasteiger partial charge in [0.25, 0.3) is 0 Å². The highest BCUT2D eigenvalue weighted by Crippen LogP contribution is 2.62. The zero-order valence-electron chi connectivity index (χ0n) is 9.50. The van der Waals surface area contributed by atoms with E-state index in [-0.39, 0.29) is 12.1 Å². The lowest BCUT2D eigenvalue weighted by Gasteiger charge is -2.15. The second-order valence-electron chi connectivity index (χ2n) is 5.75. The molecule has 0 bridgehead atoms. The molecule has 1 aliphatic carbocycles. The number of aliphatic hydroxyl groups excluding tert-OH is 1. The molecule has 14 heavy (non-hydrogen) atoms. The van der Waals surface area contributed by atoms with E-state index in [1.807, 2.05) is 0 Å². The van der Waals surface area contributed by atoms with Gasteiger partial charge in [0.15, 0.2) is 0 Å². The molecular weight excluding hydrogens is 178 g/mol. The van der Waals surface area contributed by atoms with E-state index in [4.69, 9.17) is 4.74 Å². The Morgan fingerprint density at radius 1 is 1.14 bits per heavy atom. The molecule has 3 heteroatoms. The van der Waals surface area contributed by atoms with E-state index in [2.05, 4.69) is 33.0 Å². The van der Waals surface area contributed by atoms with Crippen LogP contribution in [-0.4, -0.2) is 36.5 Å². The highest BCUT2D eigenvalue weighted by Gasteiger charge is 2.65. The van der Waals surface area contributed by atoms with Crippen molar-refractivity contribution in [1.82, 2.24) is 5.32 Å². The maximum absolute atomic E-state index is 9.62. The van der Waals surface area contributed by atoms with Crippen molar-refractivity contribution in [2.45, 2.75) is 45.9 Å². The van der Waals surface area contributed by atoms with Crippen LogP contribution in [0.5, 0.6) is 0 Å². The summed E-state index contributed by atoms with van der Waals surface area (Å²) in [5, 5.41) is 13.1. The van der Waals surface area contributed by atoms with Gasteiger partial charge in [0.05, 0.1) is 25.4 Å². The predicted molar refractivity (Wildman–Crippen MR) is 55.1 cm³/mol. The molecule has 0 spiro atoms. The summed E-state index contributed by atoms with van der Waals surface area (Å²) in [6, 6.07) is 0.623. The van der Waals surface area contributed by atoms with E-state index in [9.17, 15) is 5.11 Å². The largest absolute Gasteiger partial charge is 0.389 e. The van der Waals surface area contributed by atoms with Crippen LogP contribution >= 0.6 is 0 Å². The van der Waals surface area contributed by atoms with Gasteiger partial charge in [-0.25, -0.2) is 0 Å². The van der Waals surface area contributed by atoms with Gasteiger partial charge in [-0.1, -0.05) is 27.7 Å². The normalized spacial score (nSPS) is 40.1. The highest BCUT2D eigenvalue weighted by molar-refractivity contribution is 5.18. The van der Waals surface area contributed by atoms with E-state index in [1.165, 1.54) is 0 Å². The van der Waals surface area contributed by atoms with Crippen LogP contribution in [0.1, 0.15) is 27.7 Å². The second-order valence-corrected chi connectivity index (χ2v) is 5.75. The Hall–Kier alpha value is -0.120. The third-order valence-electron chi connectivity index (χ3n) is 4.45. The van der Waals surface area contributed by atoms with Crippen molar-refractivity contribution in [3.8, 4) is 0 Å². The maximum atomic E-state index is 9.62. The van der Waals surface area contributed by atoms with Crippen molar-refractivity contribution in [3.63, 3.8) is 0 Å². The molecule has 2 aliphatic rings. The first-order valence-electron chi connectivity index (χ1n) is 5.39. The third-order valence-corrected chi connectivity index (χ3v) is 4.45. The van der Waals surface area contributed by atoms with Gasteiger partial charge in [-0.3, -0.25) is 0 Å². The number of hydrogen-bond donors (Lipinski definition) is 2. The van der Waals surface area contributed by atoms with Gasteiger partial charge >= 0.3 is 0 Å². The fourth-order valence-electron chi connectivity index (χ4n) is 2.53. The van der Waals surface area contributed by atoms with E-state index in [0.717, 1.165) is 0 Å². The quantitative estimate of drug-likeness (QED) is 0.690. The van der Waals surface area contributed by atoms with Crippen molar-refractivity contribution in [3.05, 3.63) is 0 Å². The van der Waals surface area contributed by atoms with Crippen LogP contribution in [0, 0.1) is 10.8 Å². The highest BCUT2D eigenvalue weighted by atomic mass is 16.5. The Morgan fingerprint density at radius 2 is 1.71 bits per heavy atom. The lowest BCUT2D eigenvalue weighted by molar-refractivity contribution is 0.121. The molecule has 82 valence electrons. The number of nitrogens with one attached hydrogen (secondary N) is 1. The smallest absolute Gasteiger partial charge is 0.0948 e. The molecule has 1 saturated heterocycles. The van der Waals surface area contributed by atoms with Crippen molar-refractivity contribution < 1.29 is 9.84 Å². The molecule has 2 fully saturated rings. The number of rotatable bonds is 2. The molecule has 0 aromatic rings. The van der Waals surface area contributed by atoms with Crippen LogP contribution in [0.25, 0.3) is 0 Å². The standard InChI is InChI=1S/C11H21NO2/c1-10(2)9(11(10,3)4)12-7-5-14-6-8(7)13/h7-9,12-13H,5-6H2,1-4H3. The van der Waals surface area contributed by atoms with Crippen molar-refractivity contribution in [2.75, 3.05) is 13.2 Å². The summed E-state index contributed by atoms with van der Waals surface area (Å²) in [7, 11) is 0. The van der Waals surface area contributed by atoms with Gasteiger partial charge in [0.1, 0.15) is 0 Å². The molecule has 0 amide bonds. The molecule has 1 aliphatic heterocycles. The first-order chi connectivity index (χ1) is 6.37. The second kappa shape index (κ2) is 2.94. The summed E-state index contributed by atoms with van der Waals surface area (Å²) in [4.78, 5) is 0. The molecule has 3 nitrogen and oxygen atoms in total. The molecule has 2 N–H and O–H groups in total. The number of ether oxygens (including phenoxy) is 1. The zero-order chi connectivity index (χ0) is 10.6. The molecule has 0 aromatic heterocycles. The Balaban J connectivity index is 1.94.